The van der Waals surface area contributed by atoms with Crippen molar-refractivity contribution < 1.29 is 14.4 Å². The van der Waals surface area contributed by atoms with Crippen LogP contribution in [0.1, 0.15) is 33.3 Å². The van der Waals surface area contributed by atoms with E-state index < -0.39 is 18.3 Å². The number of nitrogens with two attached hydrogens (primary N) is 2. The molecule has 7 nitrogen and oxygen atoms in total. The van der Waals surface area contributed by atoms with E-state index in [1.54, 1.807) is 18.2 Å². The number of benzene rings is 1. The molecule has 1 heterocycles. The molecule has 1 aliphatic heterocycles. The Bertz CT molecular complexity index is 609. The van der Waals surface area contributed by atoms with Crippen LogP contribution in [-0.4, -0.2) is 35.6 Å². The van der Waals surface area contributed by atoms with Crippen molar-refractivity contribution >= 4 is 24.8 Å². The normalized spacial score (nSPS) is 19.5. The molecule has 0 saturated carbocycles. The summed E-state index contributed by atoms with van der Waals surface area (Å²) in [6.07, 6.45) is 1.48. The number of aromatic hydroxyl groups is 1. The van der Waals surface area contributed by atoms with Crippen molar-refractivity contribution in [3.8, 4) is 5.75 Å². The average Bonchev–Trinajstić information content (AvgIpc) is 2.60. The van der Waals surface area contributed by atoms with Crippen molar-refractivity contribution in [3.63, 3.8) is 0 Å². The van der Waals surface area contributed by atoms with Crippen molar-refractivity contribution in [1.29, 1.82) is 0 Å². The molecule has 0 atom stereocenters. The van der Waals surface area contributed by atoms with E-state index in [0.717, 1.165) is 0 Å². The van der Waals surface area contributed by atoms with Gasteiger partial charge in [0.15, 0.2) is 0 Å². The Hall–Kier alpha value is -2.06. The molecule has 1 aliphatic rings. The zero-order chi connectivity index (χ0) is 16.5. The second kappa shape index (κ2) is 5.62. The summed E-state index contributed by atoms with van der Waals surface area (Å²) >= 11 is 0. The van der Waals surface area contributed by atoms with Gasteiger partial charge in [0.05, 0.1) is 17.4 Å². The summed E-state index contributed by atoms with van der Waals surface area (Å²) < 4.78 is 11.9. The van der Waals surface area contributed by atoms with Crippen LogP contribution in [0, 0.1) is 0 Å². The lowest BCUT2D eigenvalue weighted by Gasteiger charge is -2.32. The largest absolute Gasteiger partial charge is 0.508 e. The molecule has 0 amide bonds. The average molecular weight is 304 g/mol. The van der Waals surface area contributed by atoms with Gasteiger partial charge in [0, 0.05) is 5.46 Å². The second-order valence-electron chi connectivity index (χ2n) is 6.18. The summed E-state index contributed by atoms with van der Waals surface area (Å²) in [5, 5.41) is 17.4. The molecule has 5 N–H and O–H groups in total. The van der Waals surface area contributed by atoms with Crippen LogP contribution in [0.25, 0.3) is 0 Å². The first-order valence-electron chi connectivity index (χ1n) is 6.93. The maximum atomic E-state index is 10.1. The van der Waals surface area contributed by atoms with Crippen LogP contribution in [-0.2, 0) is 9.31 Å². The van der Waals surface area contributed by atoms with E-state index in [9.17, 15) is 5.11 Å². The van der Waals surface area contributed by atoms with Gasteiger partial charge in [0.25, 0.3) is 0 Å². The van der Waals surface area contributed by atoms with Gasteiger partial charge in [-0.25, -0.2) is 0 Å². The highest BCUT2D eigenvalue weighted by Crippen LogP contribution is 2.37. The van der Waals surface area contributed by atoms with E-state index >= 15 is 0 Å². The summed E-state index contributed by atoms with van der Waals surface area (Å²) in [6, 6.07) is 4.97. The van der Waals surface area contributed by atoms with Gasteiger partial charge in [-0.3, -0.25) is 0 Å². The molecule has 1 aromatic rings. The van der Waals surface area contributed by atoms with E-state index in [0.29, 0.717) is 11.0 Å². The van der Waals surface area contributed by atoms with Crippen molar-refractivity contribution in [2.75, 3.05) is 0 Å². The summed E-state index contributed by atoms with van der Waals surface area (Å²) in [4.78, 5) is 0. The van der Waals surface area contributed by atoms with E-state index in [2.05, 4.69) is 10.2 Å². The van der Waals surface area contributed by atoms with Crippen LogP contribution in [0.4, 0.5) is 0 Å². The van der Waals surface area contributed by atoms with Gasteiger partial charge in [-0.1, -0.05) is 0 Å². The second-order valence-corrected chi connectivity index (χ2v) is 6.18. The minimum absolute atomic E-state index is 0.0949. The minimum atomic E-state index is -0.651. The molecule has 1 fully saturated rings. The van der Waals surface area contributed by atoms with Gasteiger partial charge in [-0.15, -0.1) is 5.10 Å². The molecular formula is C14H21BN4O3. The predicted molar refractivity (Wildman–Crippen MR) is 87.2 cm³/mol. The maximum absolute atomic E-state index is 10.1. The van der Waals surface area contributed by atoms with E-state index in [1.165, 1.54) is 6.21 Å². The minimum Gasteiger partial charge on any atom is -0.508 e. The third-order valence-corrected chi connectivity index (χ3v) is 3.94. The molecule has 8 heteroatoms. The Labute approximate surface area is 130 Å². The van der Waals surface area contributed by atoms with E-state index in [1.807, 2.05) is 27.7 Å². The first-order chi connectivity index (χ1) is 10.1. The number of guanidine groups is 1. The number of rotatable bonds is 3. The Morgan fingerprint density at radius 2 is 1.77 bits per heavy atom. The third kappa shape index (κ3) is 3.23. The molecule has 1 saturated heterocycles. The van der Waals surface area contributed by atoms with Gasteiger partial charge >= 0.3 is 7.12 Å². The molecular weight excluding hydrogens is 283 g/mol. The fourth-order valence-electron chi connectivity index (χ4n) is 1.97. The first kappa shape index (κ1) is 16.3. The Morgan fingerprint density at radius 3 is 2.32 bits per heavy atom. The summed E-state index contributed by atoms with van der Waals surface area (Å²) in [7, 11) is -0.651. The van der Waals surface area contributed by atoms with Crippen LogP contribution in [0.2, 0.25) is 0 Å². The Kier molecular flexibility index (Phi) is 4.17. The lowest BCUT2D eigenvalue weighted by molar-refractivity contribution is 0.00578. The van der Waals surface area contributed by atoms with Crippen molar-refractivity contribution in [3.05, 3.63) is 23.8 Å². The van der Waals surface area contributed by atoms with Crippen LogP contribution in [0.15, 0.2) is 28.4 Å². The zero-order valence-corrected chi connectivity index (χ0v) is 13.2. The van der Waals surface area contributed by atoms with Crippen molar-refractivity contribution in [2.45, 2.75) is 38.9 Å². The van der Waals surface area contributed by atoms with Crippen LogP contribution >= 0.6 is 0 Å². The topological polar surface area (TPSA) is 115 Å². The quantitative estimate of drug-likeness (QED) is 0.321. The Balaban J connectivity index is 2.29. The highest BCUT2D eigenvalue weighted by atomic mass is 16.7. The van der Waals surface area contributed by atoms with Gasteiger partial charge in [-0.05, 0) is 51.5 Å². The molecule has 1 aromatic carbocycles. The standard InChI is InChI=1S/C14H21BN4O3/c1-13(2)14(3,4)22-15(21-13)10-7-9(5-6-11(10)20)8-18-19-12(16)17/h5-8,20H,1-4H3,(H4,16,17,19). The van der Waals surface area contributed by atoms with Crippen LogP contribution in [0.5, 0.6) is 5.75 Å². The molecule has 0 radical (unpaired) electrons. The zero-order valence-electron chi connectivity index (χ0n) is 13.2. The van der Waals surface area contributed by atoms with Gasteiger partial charge < -0.3 is 25.9 Å². The van der Waals surface area contributed by atoms with Crippen molar-refractivity contribution in [1.82, 2.24) is 0 Å². The molecule has 0 aromatic heterocycles. The highest BCUT2D eigenvalue weighted by molar-refractivity contribution is 6.63. The van der Waals surface area contributed by atoms with Crippen LogP contribution < -0.4 is 16.9 Å². The number of hydrogen-bond donors (Lipinski definition) is 3. The number of phenolic OH excluding ortho intramolecular Hbond substituents is 1. The number of nitrogens with zero attached hydrogens (tertiary/aromatic N) is 2. The lowest BCUT2D eigenvalue weighted by atomic mass is 9.77. The molecule has 22 heavy (non-hydrogen) atoms. The van der Waals surface area contributed by atoms with Gasteiger partial charge in [-0.2, -0.15) is 5.10 Å². The first-order valence-corrected chi connectivity index (χ1v) is 6.93. The fraction of sp³-hybridized carbons (Fsp3) is 0.429. The van der Waals surface area contributed by atoms with Gasteiger partial charge in [0.1, 0.15) is 5.75 Å². The highest BCUT2D eigenvalue weighted by Gasteiger charge is 2.52. The molecule has 118 valence electrons. The van der Waals surface area contributed by atoms with Crippen LogP contribution in [0.3, 0.4) is 0 Å². The maximum Gasteiger partial charge on any atom is 0.498 e. The molecule has 0 aliphatic carbocycles. The summed E-state index contributed by atoms with van der Waals surface area (Å²) in [5.74, 6) is -0.0290. The number of hydrogen-bond acceptors (Lipinski definition) is 5. The number of phenols is 1. The van der Waals surface area contributed by atoms with E-state index in [4.69, 9.17) is 20.8 Å². The van der Waals surface area contributed by atoms with E-state index in [-0.39, 0.29) is 11.7 Å². The Morgan fingerprint density at radius 1 is 1.18 bits per heavy atom. The third-order valence-electron chi connectivity index (χ3n) is 3.94. The smallest absolute Gasteiger partial charge is 0.498 e. The molecule has 0 bridgehead atoms. The summed E-state index contributed by atoms with van der Waals surface area (Å²) in [5.41, 5.74) is 10.7. The monoisotopic (exact) mass is 304 g/mol. The SMILES string of the molecule is CC1(C)OB(c2cc(C=NN=C(N)N)ccc2O)OC1(C)C. The fourth-order valence-corrected chi connectivity index (χ4v) is 1.97. The van der Waals surface area contributed by atoms with Crippen molar-refractivity contribution in [2.24, 2.45) is 21.7 Å². The molecule has 0 unspecified atom stereocenters. The lowest BCUT2D eigenvalue weighted by Crippen LogP contribution is -2.41. The molecule has 0 spiro atoms. The summed E-state index contributed by atoms with van der Waals surface area (Å²) in [6.45, 7) is 7.81. The van der Waals surface area contributed by atoms with Gasteiger partial charge in [0.2, 0.25) is 5.96 Å². The predicted octanol–water partition coefficient (Wildman–Crippen LogP) is 0.299. The molecule has 2 rings (SSSR count).